The molecule has 0 bridgehead atoms. The van der Waals surface area contributed by atoms with E-state index in [1.807, 2.05) is 0 Å². The minimum atomic E-state index is -4.63. The van der Waals surface area contributed by atoms with Crippen molar-refractivity contribution in [3.8, 4) is 0 Å². The van der Waals surface area contributed by atoms with Crippen molar-refractivity contribution in [3.63, 3.8) is 0 Å². The number of amides is 3. The lowest BCUT2D eigenvalue weighted by molar-refractivity contribution is -0.137. The zero-order chi connectivity index (χ0) is 31.0. The lowest BCUT2D eigenvalue weighted by Crippen LogP contribution is -2.30. The average Bonchev–Trinajstić information content (AvgIpc) is 2.98. The van der Waals surface area contributed by atoms with Crippen molar-refractivity contribution >= 4 is 46.9 Å². The van der Waals surface area contributed by atoms with Gasteiger partial charge in [-0.15, -0.1) is 11.8 Å². The van der Waals surface area contributed by atoms with Crippen molar-refractivity contribution < 1.29 is 31.9 Å². The molecule has 0 saturated carbocycles. The zero-order valence-corrected chi connectivity index (χ0v) is 23.4. The van der Waals surface area contributed by atoms with Crippen LogP contribution >= 0.6 is 11.8 Å². The molecule has 6 nitrogen and oxygen atoms in total. The molecule has 0 radical (unpaired) electrons. The van der Waals surface area contributed by atoms with Gasteiger partial charge in [0, 0.05) is 21.7 Å². The molecule has 11 heteroatoms. The van der Waals surface area contributed by atoms with Crippen LogP contribution < -0.4 is 16.0 Å². The molecule has 0 aliphatic rings. The van der Waals surface area contributed by atoms with E-state index in [0.717, 1.165) is 17.8 Å². The molecule has 0 aliphatic carbocycles. The molecule has 3 amide bonds. The van der Waals surface area contributed by atoms with Crippen LogP contribution in [0.15, 0.2) is 114 Å². The first kappa shape index (κ1) is 31.0. The predicted molar refractivity (Wildman–Crippen MR) is 159 cm³/mol. The van der Waals surface area contributed by atoms with Crippen LogP contribution in [0.3, 0.4) is 0 Å². The van der Waals surface area contributed by atoms with Crippen molar-refractivity contribution in [1.29, 1.82) is 0 Å². The summed E-state index contributed by atoms with van der Waals surface area (Å²) in [4.78, 5) is 39.3. The first-order valence-corrected chi connectivity index (χ1v) is 13.8. The summed E-state index contributed by atoms with van der Waals surface area (Å²) < 4.78 is 54.3. The van der Waals surface area contributed by atoms with E-state index in [9.17, 15) is 31.9 Å². The number of hydrogen-bond donors (Lipinski definition) is 3. The maximum atomic E-state index is 14.4. The average molecular weight is 608 g/mol. The van der Waals surface area contributed by atoms with E-state index < -0.39 is 40.5 Å². The number of anilines is 2. The van der Waals surface area contributed by atoms with Gasteiger partial charge in [0.25, 0.3) is 11.8 Å². The maximum Gasteiger partial charge on any atom is 0.418 e. The van der Waals surface area contributed by atoms with Crippen LogP contribution in [-0.4, -0.2) is 23.0 Å². The first-order chi connectivity index (χ1) is 20.5. The molecule has 4 aromatic rings. The third-order valence-corrected chi connectivity index (χ3v) is 7.09. The van der Waals surface area contributed by atoms with Crippen molar-refractivity contribution in [1.82, 2.24) is 5.32 Å². The molecule has 0 fully saturated rings. The van der Waals surface area contributed by atoms with Crippen LogP contribution in [0.4, 0.5) is 28.9 Å². The van der Waals surface area contributed by atoms with Crippen LogP contribution in [0.1, 0.15) is 28.4 Å². The lowest BCUT2D eigenvalue weighted by atomic mass is 10.1. The van der Waals surface area contributed by atoms with Gasteiger partial charge in [-0.1, -0.05) is 54.6 Å². The van der Waals surface area contributed by atoms with Crippen molar-refractivity contribution in [2.45, 2.75) is 23.2 Å². The SMILES string of the molecule is CC(Sc1cccc(NC(=O)/C(=C/c2ccccc2F)NC(=O)c2ccccc2)c1)C(=O)Nc1ccccc1C(F)(F)F. The molecule has 0 spiro atoms. The van der Waals surface area contributed by atoms with Gasteiger partial charge in [0.05, 0.1) is 16.5 Å². The molecule has 0 aromatic heterocycles. The fourth-order valence-electron chi connectivity index (χ4n) is 3.87. The number of halogens is 4. The quantitative estimate of drug-likeness (QED) is 0.105. The number of benzene rings is 4. The molecule has 4 aromatic carbocycles. The maximum absolute atomic E-state index is 14.4. The monoisotopic (exact) mass is 607 g/mol. The molecular weight excluding hydrogens is 582 g/mol. The molecule has 1 atom stereocenters. The number of para-hydroxylation sites is 1. The Bertz CT molecular complexity index is 1660. The van der Waals surface area contributed by atoms with Crippen LogP contribution in [0.5, 0.6) is 0 Å². The Kier molecular flexibility index (Phi) is 9.99. The van der Waals surface area contributed by atoms with E-state index >= 15 is 0 Å². The Labute approximate surface area is 249 Å². The molecule has 4 rings (SSSR count). The van der Waals surface area contributed by atoms with Crippen LogP contribution in [0.2, 0.25) is 0 Å². The van der Waals surface area contributed by atoms with Gasteiger partial charge in [0.15, 0.2) is 0 Å². The van der Waals surface area contributed by atoms with Gasteiger partial charge in [-0.05, 0) is 61.5 Å². The second-order valence-corrected chi connectivity index (χ2v) is 10.6. The van der Waals surface area contributed by atoms with Crippen LogP contribution in [0, 0.1) is 5.82 Å². The summed E-state index contributed by atoms with van der Waals surface area (Å²) in [6, 6.07) is 25.1. The van der Waals surface area contributed by atoms with Crippen LogP contribution in [-0.2, 0) is 15.8 Å². The molecule has 220 valence electrons. The number of rotatable bonds is 9. The Hall–Kier alpha value is -4.90. The number of carbonyl (C=O) groups is 3. The van der Waals surface area contributed by atoms with Crippen LogP contribution in [0.25, 0.3) is 6.08 Å². The summed E-state index contributed by atoms with van der Waals surface area (Å²) in [6.45, 7) is 1.54. The largest absolute Gasteiger partial charge is 0.418 e. The summed E-state index contributed by atoms with van der Waals surface area (Å²) in [7, 11) is 0. The highest BCUT2D eigenvalue weighted by Gasteiger charge is 2.34. The minimum Gasteiger partial charge on any atom is -0.325 e. The molecule has 43 heavy (non-hydrogen) atoms. The summed E-state index contributed by atoms with van der Waals surface area (Å²) in [5.74, 6) is -2.54. The molecular formula is C32H25F4N3O3S. The molecule has 3 N–H and O–H groups in total. The van der Waals surface area contributed by atoms with E-state index in [1.165, 1.54) is 49.4 Å². The normalized spacial score (nSPS) is 12.3. The van der Waals surface area contributed by atoms with E-state index in [4.69, 9.17) is 0 Å². The second kappa shape index (κ2) is 13.8. The summed E-state index contributed by atoms with van der Waals surface area (Å²) in [5, 5.41) is 6.73. The van der Waals surface area contributed by atoms with Gasteiger partial charge < -0.3 is 16.0 Å². The Morgan fingerprint density at radius 2 is 1.49 bits per heavy atom. The molecule has 0 heterocycles. The highest BCUT2D eigenvalue weighted by Crippen LogP contribution is 2.35. The van der Waals surface area contributed by atoms with Gasteiger partial charge in [0.1, 0.15) is 11.5 Å². The summed E-state index contributed by atoms with van der Waals surface area (Å²) >= 11 is 1.07. The number of alkyl halides is 3. The first-order valence-electron chi connectivity index (χ1n) is 12.9. The fourth-order valence-corrected chi connectivity index (χ4v) is 4.79. The number of nitrogens with one attached hydrogen (secondary N) is 3. The van der Waals surface area contributed by atoms with Gasteiger partial charge in [-0.25, -0.2) is 4.39 Å². The fraction of sp³-hybridized carbons (Fsp3) is 0.0938. The van der Waals surface area contributed by atoms with E-state index in [0.29, 0.717) is 16.1 Å². The smallest absolute Gasteiger partial charge is 0.325 e. The molecule has 0 saturated heterocycles. The Balaban J connectivity index is 1.49. The topological polar surface area (TPSA) is 87.3 Å². The number of carbonyl (C=O) groups excluding carboxylic acids is 3. The highest BCUT2D eigenvalue weighted by atomic mass is 32.2. The number of hydrogen-bond acceptors (Lipinski definition) is 4. The lowest BCUT2D eigenvalue weighted by Gasteiger charge is -2.16. The minimum absolute atomic E-state index is 0.0808. The van der Waals surface area contributed by atoms with Crippen molar-refractivity contribution in [3.05, 3.63) is 131 Å². The third-order valence-electron chi connectivity index (χ3n) is 6.00. The molecule has 0 aliphatic heterocycles. The Morgan fingerprint density at radius 1 is 0.814 bits per heavy atom. The van der Waals surface area contributed by atoms with Gasteiger partial charge in [0.2, 0.25) is 5.91 Å². The highest BCUT2D eigenvalue weighted by molar-refractivity contribution is 8.00. The van der Waals surface area contributed by atoms with E-state index in [2.05, 4.69) is 16.0 Å². The zero-order valence-electron chi connectivity index (χ0n) is 22.6. The van der Waals surface area contributed by atoms with Crippen molar-refractivity contribution in [2.75, 3.05) is 10.6 Å². The molecule has 1 unspecified atom stereocenters. The van der Waals surface area contributed by atoms with E-state index in [-0.39, 0.29) is 16.9 Å². The second-order valence-electron chi connectivity index (χ2n) is 9.17. The van der Waals surface area contributed by atoms with Gasteiger partial charge >= 0.3 is 6.18 Å². The Morgan fingerprint density at radius 3 is 2.21 bits per heavy atom. The summed E-state index contributed by atoms with van der Waals surface area (Å²) in [5.41, 5.74) is -0.842. The van der Waals surface area contributed by atoms with Gasteiger partial charge in [-0.3, -0.25) is 14.4 Å². The van der Waals surface area contributed by atoms with E-state index in [1.54, 1.807) is 60.7 Å². The third kappa shape index (κ3) is 8.55. The van der Waals surface area contributed by atoms with Gasteiger partial charge in [-0.2, -0.15) is 13.2 Å². The summed E-state index contributed by atoms with van der Waals surface area (Å²) in [6.07, 6.45) is -3.41. The number of thioether (sulfide) groups is 1. The van der Waals surface area contributed by atoms with Crippen molar-refractivity contribution in [2.24, 2.45) is 0 Å². The standard InChI is InChI=1S/C32H25F4N3O3S/c1-20(29(40)38-27-17-8-6-15-25(27)32(34,35)36)43-24-14-9-13-23(19-24)37-31(42)28(18-22-12-5-7-16-26(22)33)39-30(41)21-10-3-2-4-11-21/h2-20H,1H3,(H,37,42)(H,38,40)(H,39,41)/b28-18-. The predicted octanol–water partition coefficient (Wildman–Crippen LogP) is 7.37.